The molecule has 0 aliphatic rings. The van der Waals surface area contributed by atoms with Crippen LogP contribution < -0.4 is 10.2 Å². The van der Waals surface area contributed by atoms with Crippen LogP contribution in [0.25, 0.3) is 0 Å². The first-order valence-electron chi connectivity index (χ1n) is 6.28. The van der Waals surface area contributed by atoms with Gasteiger partial charge in [0.15, 0.2) is 0 Å². The Morgan fingerprint density at radius 1 is 1.29 bits per heavy atom. The Labute approximate surface area is 129 Å². The Kier molecular flexibility index (Phi) is 5.16. The van der Waals surface area contributed by atoms with Crippen LogP contribution in [0, 0.1) is 0 Å². The Morgan fingerprint density at radius 2 is 2.00 bits per heavy atom. The van der Waals surface area contributed by atoms with E-state index in [1.54, 1.807) is 6.92 Å². The maximum absolute atomic E-state index is 12.1. The van der Waals surface area contributed by atoms with E-state index in [1.165, 1.54) is 0 Å². The molecule has 1 heterocycles. The van der Waals surface area contributed by atoms with Gasteiger partial charge in [0.25, 0.3) is 5.76 Å². The van der Waals surface area contributed by atoms with Crippen LogP contribution in [0.3, 0.4) is 0 Å². The summed E-state index contributed by atoms with van der Waals surface area (Å²) in [4.78, 5) is 23.9. The number of hydrogen-bond acceptors (Lipinski definition) is 5. The smallest absolute Gasteiger partial charge is 0.378 e. The highest BCUT2D eigenvalue weighted by Crippen LogP contribution is 2.20. The fourth-order valence-corrected chi connectivity index (χ4v) is 1.90. The maximum atomic E-state index is 12.1. The van der Waals surface area contributed by atoms with Gasteiger partial charge in [-0.15, -0.1) is 0 Å². The van der Waals surface area contributed by atoms with E-state index < -0.39 is 11.4 Å². The van der Waals surface area contributed by atoms with E-state index in [1.807, 2.05) is 30.3 Å². The second kappa shape index (κ2) is 7.08. The molecule has 2 aromatic rings. The molecule has 0 amide bonds. The quantitative estimate of drug-likeness (QED) is 0.773. The standard InChI is InChI=1S/C15H13BrO5/c1-2-19-15(18)14-13(12(17)11(16)9-21-14)20-8-10-6-4-3-5-7-10/h3-7,9H,2,8H2,1H3. The summed E-state index contributed by atoms with van der Waals surface area (Å²) in [5.74, 6) is -1.13. The number of hydrogen-bond donors (Lipinski definition) is 0. The summed E-state index contributed by atoms with van der Waals surface area (Å²) in [6.07, 6.45) is 1.14. The molecule has 1 aromatic heterocycles. The molecule has 110 valence electrons. The van der Waals surface area contributed by atoms with E-state index in [-0.39, 0.29) is 29.2 Å². The van der Waals surface area contributed by atoms with E-state index in [9.17, 15) is 9.59 Å². The van der Waals surface area contributed by atoms with Crippen LogP contribution in [0.15, 0.2) is 50.3 Å². The zero-order valence-electron chi connectivity index (χ0n) is 11.3. The van der Waals surface area contributed by atoms with Crippen molar-refractivity contribution in [2.45, 2.75) is 13.5 Å². The average Bonchev–Trinajstić information content (AvgIpc) is 2.50. The highest BCUT2D eigenvalue weighted by Gasteiger charge is 2.22. The fraction of sp³-hybridized carbons (Fsp3) is 0.200. The molecule has 0 N–H and O–H groups in total. The molecule has 0 fully saturated rings. The van der Waals surface area contributed by atoms with Gasteiger partial charge in [-0.05, 0) is 28.4 Å². The van der Waals surface area contributed by atoms with Gasteiger partial charge < -0.3 is 13.9 Å². The van der Waals surface area contributed by atoms with Crippen molar-refractivity contribution in [3.05, 3.63) is 62.6 Å². The highest BCUT2D eigenvalue weighted by molar-refractivity contribution is 9.10. The number of carbonyl (C=O) groups is 1. The van der Waals surface area contributed by atoms with Gasteiger partial charge in [0.05, 0.1) is 6.61 Å². The molecule has 2 rings (SSSR count). The van der Waals surface area contributed by atoms with Crippen molar-refractivity contribution in [3.63, 3.8) is 0 Å². The minimum Gasteiger partial charge on any atom is -0.481 e. The lowest BCUT2D eigenvalue weighted by molar-refractivity contribution is 0.0478. The van der Waals surface area contributed by atoms with Gasteiger partial charge in [0, 0.05) is 0 Å². The zero-order chi connectivity index (χ0) is 15.2. The van der Waals surface area contributed by atoms with Crippen molar-refractivity contribution in [2.75, 3.05) is 6.61 Å². The van der Waals surface area contributed by atoms with Crippen LogP contribution in [0.2, 0.25) is 0 Å². The molecular weight excluding hydrogens is 340 g/mol. The van der Waals surface area contributed by atoms with Crippen molar-refractivity contribution in [3.8, 4) is 5.75 Å². The van der Waals surface area contributed by atoms with Crippen LogP contribution in [0.1, 0.15) is 23.0 Å². The molecule has 0 radical (unpaired) electrons. The first kappa shape index (κ1) is 15.3. The Bertz CT molecular complexity index is 678. The molecular formula is C15H13BrO5. The number of halogens is 1. The molecule has 1 aromatic carbocycles. The lowest BCUT2D eigenvalue weighted by atomic mass is 10.2. The highest BCUT2D eigenvalue weighted by atomic mass is 79.9. The van der Waals surface area contributed by atoms with Crippen molar-refractivity contribution >= 4 is 21.9 Å². The molecule has 0 bridgehead atoms. The summed E-state index contributed by atoms with van der Waals surface area (Å²) in [5.41, 5.74) is 0.409. The summed E-state index contributed by atoms with van der Waals surface area (Å²) in [7, 11) is 0. The third-order valence-corrected chi connectivity index (χ3v) is 3.14. The Hall–Kier alpha value is -2.08. The molecule has 5 nitrogen and oxygen atoms in total. The monoisotopic (exact) mass is 352 g/mol. The minimum atomic E-state index is -0.731. The Morgan fingerprint density at radius 3 is 2.67 bits per heavy atom. The van der Waals surface area contributed by atoms with E-state index >= 15 is 0 Å². The van der Waals surface area contributed by atoms with Gasteiger partial charge in [0.2, 0.25) is 11.2 Å². The molecule has 0 aliphatic carbocycles. The van der Waals surface area contributed by atoms with Gasteiger partial charge in [-0.25, -0.2) is 4.79 Å². The largest absolute Gasteiger partial charge is 0.481 e. The van der Waals surface area contributed by atoms with Gasteiger partial charge >= 0.3 is 5.97 Å². The fourth-order valence-electron chi connectivity index (χ4n) is 1.63. The second-order valence-electron chi connectivity index (χ2n) is 4.07. The summed E-state index contributed by atoms with van der Waals surface area (Å²) < 4.78 is 15.6. The average molecular weight is 353 g/mol. The molecule has 0 saturated heterocycles. The molecule has 0 unspecified atom stereocenters. The number of carbonyl (C=O) groups excluding carboxylic acids is 1. The third-order valence-electron chi connectivity index (χ3n) is 2.60. The first-order valence-corrected chi connectivity index (χ1v) is 7.08. The van der Waals surface area contributed by atoms with Crippen LogP contribution in [0.4, 0.5) is 0 Å². The van der Waals surface area contributed by atoms with Crippen LogP contribution in [-0.2, 0) is 11.3 Å². The predicted molar refractivity (Wildman–Crippen MR) is 79.4 cm³/mol. The summed E-state index contributed by atoms with van der Waals surface area (Å²) in [6.45, 7) is 1.99. The van der Waals surface area contributed by atoms with Crippen LogP contribution in [0.5, 0.6) is 5.75 Å². The van der Waals surface area contributed by atoms with Crippen molar-refractivity contribution < 1.29 is 18.7 Å². The summed E-state index contributed by atoms with van der Waals surface area (Å²) in [6, 6.07) is 9.29. The van der Waals surface area contributed by atoms with E-state index in [4.69, 9.17) is 13.9 Å². The topological polar surface area (TPSA) is 65.7 Å². The minimum absolute atomic E-state index is 0.147. The molecule has 0 atom stereocenters. The number of rotatable bonds is 5. The van der Waals surface area contributed by atoms with Gasteiger partial charge in [-0.2, -0.15) is 0 Å². The number of benzene rings is 1. The normalized spacial score (nSPS) is 10.2. The zero-order valence-corrected chi connectivity index (χ0v) is 12.9. The second-order valence-corrected chi connectivity index (χ2v) is 4.92. The third kappa shape index (κ3) is 3.72. The van der Waals surface area contributed by atoms with Crippen molar-refractivity contribution in [1.29, 1.82) is 0 Å². The molecule has 0 aliphatic heterocycles. The maximum Gasteiger partial charge on any atom is 0.378 e. The summed E-state index contributed by atoms with van der Waals surface area (Å²) in [5, 5.41) is 0. The van der Waals surface area contributed by atoms with E-state index in [0.717, 1.165) is 11.8 Å². The van der Waals surface area contributed by atoms with Crippen LogP contribution in [-0.4, -0.2) is 12.6 Å². The number of esters is 1. The lowest BCUT2D eigenvalue weighted by Crippen LogP contribution is -2.16. The molecule has 0 spiro atoms. The first-order chi connectivity index (χ1) is 10.1. The van der Waals surface area contributed by atoms with Crippen molar-refractivity contribution in [2.24, 2.45) is 0 Å². The van der Waals surface area contributed by atoms with E-state index in [0.29, 0.717) is 0 Å². The van der Waals surface area contributed by atoms with Gasteiger partial charge in [0.1, 0.15) is 17.3 Å². The van der Waals surface area contributed by atoms with Crippen molar-refractivity contribution in [1.82, 2.24) is 0 Å². The molecule has 6 heteroatoms. The van der Waals surface area contributed by atoms with E-state index in [2.05, 4.69) is 15.9 Å². The summed E-state index contributed by atoms with van der Waals surface area (Å²) >= 11 is 3.06. The predicted octanol–water partition coefficient (Wildman–Crippen LogP) is 3.16. The van der Waals surface area contributed by atoms with Gasteiger partial charge in [-0.1, -0.05) is 30.3 Å². The lowest BCUT2D eigenvalue weighted by Gasteiger charge is -2.09. The number of ether oxygens (including phenoxy) is 2. The van der Waals surface area contributed by atoms with Gasteiger partial charge in [-0.3, -0.25) is 4.79 Å². The molecule has 0 saturated carbocycles. The van der Waals surface area contributed by atoms with Crippen LogP contribution >= 0.6 is 15.9 Å². The SMILES string of the molecule is CCOC(=O)c1occ(Br)c(=O)c1OCc1ccccc1. The Balaban J connectivity index is 2.30. The molecule has 21 heavy (non-hydrogen) atoms.